The van der Waals surface area contributed by atoms with Crippen molar-refractivity contribution in [2.75, 3.05) is 6.61 Å². The Kier molecular flexibility index (Phi) is 5.93. The molecule has 1 N–H and O–H groups in total. The molecule has 1 atom stereocenters. The van der Waals surface area contributed by atoms with E-state index in [9.17, 15) is 9.59 Å². The third-order valence-electron chi connectivity index (χ3n) is 1.51. The summed E-state index contributed by atoms with van der Waals surface area (Å²) in [6, 6.07) is 0. The molecule has 0 unspecified atom stereocenters. The van der Waals surface area contributed by atoms with Crippen LogP contribution < -0.4 is 0 Å². The zero-order valence-electron chi connectivity index (χ0n) is 8.08. The molecule has 0 aliphatic heterocycles. The van der Waals surface area contributed by atoms with Crippen LogP contribution >= 0.6 is 0 Å². The average molecular weight is 188 g/mol. The Balaban J connectivity index is 3.59. The minimum Gasteiger partial charge on any atom is -0.481 e. The maximum Gasteiger partial charge on any atom is 0.306 e. The number of ether oxygens (including phenoxy) is 1. The molecule has 0 saturated carbocycles. The number of rotatable bonds is 6. The highest BCUT2D eigenvalue weighted by atomic mass is 16.5. The van der Waals surface area contributed by atoms with Gasteiger partial charge in [0, 0.05) is 12.8 Å². The molecule has 0 heterocycles. The third kappa shape index (κ3) is 7.31. The predicted molar refractivity (Wildman–Crippen MR) is 47.3 cm³/mol. The fourth-order valence-corrected chi connectivity index (χ4v) is 0.930. The maximum atomic E-state index is 11.0. The second-order valence-corrected chi connectivity index (χ2v) is 3.13. The van der Waals surface area contributed by atoms with Crippen molar-refractivity contribution < 1.29 is 19.4 Å². The summed E-state index contributed by atoms with van der Waals surface area (Å²) in [4.78, 5) is 21.2. The largest absolute Gasteiger partial charge is 0.481 e. The van der Waals surface area contributed by atoms with Gasteiger partial charge in [-0.2, -0.15) is 0 Å². The van der Waals surface area contributed by atoms with Crippen molar-refractivity contribution in [3.8, 4) is 0 Å². The quantitative estimate of drug-likeness (QED) is 0.640. The molecule has 4 heteroatoms. The average Bonchev–Trinajstić information content (AvgIpc) is 1.98. The van der Waals surface area contributed by atoms with E-state index in [4.69, 9.17) is 9.84 Å². The van der Waals surface area contributed by atoms with Crippen LogP contribution in [0.1, 0.15) is 33.1 Å². The van der Waals surface area contributed by atoms with Gasteiger partial charge in [-0.25, -0.2) is 0 Å². The van der Waals surface area contributed by atoms with E-state index in [2.05, 4.69) is 0 Å². The van der Waals surface area contributed by atoms with E-state index >= 15 is 0 Å². The third-order valence-corrected chi connectivity index (χ3v) is 1.51. The lowest BCUT2D eigenvalue weighted by Gasteiger charge is -2.07. The first-order valence-electron chi connectivity index (χ1n) is 4.43. The van der Waals surface area contributed by atoms with Crippen molar-refractivity contribution in [3.63, 3.8) is 0 Å². The minimum absolute atomic E-state index is 0.0151. The molecule has 13 heavy (non-hydrogen) atoms. The fourth-order valence-electron chi connectivity index (χ4n) is 0.930. The van der Waals surface area contributed by atoms with Gasteiger partial charge in [-0.15, -0.1) is 0 Å². The maximum absolute atomic E-state index is 11.0. The molecule has 0 amide bonds. The summed E-state index contributed by atoms with van der Waals surface area (Å²) in [6.45, 7) is 4.05. The fraction of sp³-hybridized carbons (Fsp3) is 0.778. The number of hydrogen-bond acceptors (Lipinski definition) is 3. The molecule has 0 radical (unpaired) electrons. The minimum atomic E-state index is -0.879. The topological polar surface area (TPSA) is 63.6 Å². The monoisotopic (exact) mass is 188 g/mol. The molecular formula is C9H16O4. The second-order valence-electron chi connectivity index (χ2n) is 3.13. The summed E-state index contributed by atoms with van der Waals surface area (Å²) in [6.07, 6.45) is 0.993. The van der Waals surface area contributed by atoms with Gasteiger partial charge in [0.1, 0.15) is 0 Å². The van der Waals surface area contributed by atoms with Crippen LogP contribution in [0.3, 0.4) is 0 Å². The Morgan fingerprint density at radius 3 is 2.46 bits per heavy atom. The number of carboxylic acids is 1. The lowest BCUT2D eigenvalue weighted by atomic mass is 10.0. The highest BCUT2D eigenvalue weighted by molar-refractivity contribution is 5.72. The highest BCUT2D eigenvalue weighted by Gasteiger charge is 2.12. The summed E-state index contributed by atoms with van der Waals surface area (Å²) < 4.78 is 4.81. The van der Waals surface area contributed by atoms with E-state index in [1.165, 1.54) is 0 Å². The van der Waals surface area contributed by atoms with Crippen LogP contribution in [0.4, 0.5) is 0 Å². The zero-order valence-corrected chi connectivity index (χ0v) is 8.08. The van der Waals surface area contributed by atoms with Crippen molar-refractivity contribution in [2.45, 2.75) is 33.1 Å². The molecule has 76 valence electrons. The number of hydrogen-bond donors (Lipinski definition) is 1. The van der Waals surface area contributed by atoms with Crippen molar-refractivity contribution in [1.29, 1.82) is 0 Å². The van der Waals surface area contributed by atoms with E-state index in [1.807, 2.05) is 6.92 Å². The molecule has 0 aromatic heterocycles. The molecule has 0 aromatic carbocycles. The normalized spacial score (nSPS) is 12.2. The van der Waals surface area contributed by atoms with Crippen LogP contribution in [0.25, 0.3) is 0 Å². The van der Waals surface area contributed by atoms with Crippen molar-refractivity contribution >= 4 is 11.9 Å². The van der Waals surface area contributed by atoms with E-state index in [1.54, 1.807) is 6.92 Å². The van der Waals surface area contributed by atoms with E-state index < -0.39 is 5.97 Å². The van der Waals surface area contributed by atoms with E-state index in [0.29, 0.717) is 6.61 Å². The molecule has 0 aliphatic carbocycles. The van der Waals surface area contributed by atoms with Crippen LogP contribution in [-0.2, 0) is 14.3 Å². The smallest absolute Gasteiger partial charge is 0.306 e. The van der Waals surface area contributed by atoms with Crippen LogP contribution in [0.15, 0.2) is 0 Å². The summed E-state index contributed by atoms with van der Waals surface area (Å²) in [5.41, 5.74) is 0. The molecule has 0 rings (SSSR count). The van der Waals surface area contributed by atoms with Crippen molar-refractivity contribution in [2.24, 2.45) is 5.92 Å². The summed E-state index contributed by atoms with van der Waals surface area (Å²) >= 11 is 0. The lowest BCUT2D eigenvalue weighted by Crippen LogP contribution is -2.12. The van der Waals surface area contributed by atoms with Gasteiger partial charge in [0.05, 0.1) is 6.61 Å². The number of carbonyl (C=O) groups is 2. The van der Waals surface area contributed by atoms with E-state index in [-0.39, 0.29) is 24.7 Å². The van der Waals surface area contributed by atoms with Gasteiger partial charge in [-0.3, -0.25) is 9.59 Å². The SMILES string of the molecule is CCCOC(=O)C[C@H](C)CC(=O)O. The van der Waals surface area contributed by atoms with Crippen LogP contribution in [0.2, 0.25) is 0 Å². The summed E-state index contributed by atoms with van der Waals surface area (Å²) in [5.74, 6) is -1.34. The zero-order chi connectivity index (χ0) is 10.3. The standard InChI is InChI=1S/C9H16O4/c1-3-4-13-9(12)6-7(2)5-8(10)11/h7H,3-6H2,1-2H3,(H,10,11)/t7-/m1/s1. The van der Waals surface area contributed by atoms with Gasteiger partial charge in [-0.05, 0) is 12.3 Å². The molecule has 0 aliphatic rings. The van der Waals surface area contributed by atoms with Crippen molar-refractivity contribution in [1.82, 2.24) is 0 Å². The van der Waals surface area contributed by atoms with Gasteiger partial charge < -0.3 is 9.84 Å². The molecule has 4 nitrogen and oxygen atoms in total. The first kappa shape index (κ1) is 11.9. The summed E-state index contributed by atoms with van der Waals surface area (Å²) in [5, 5.41) is 8.42. The summed E-state index contributed by atoms with van der Waals surface area (Å²) in [7, 11) is 0. The number of carbonyl (C=O) groups excluding carboxylic acids is 1. The molecular weight excluding hydrogens is 172 g/mol. The Bertz CT molecular complexity index is 176. The van der Waals surface area contributed by atoms with Crippen molar-refractivity contribution in [3.05, 3.63) is 0 Å². The van der Waals surface area contributed by atoms with Crippen LogP contribution in [0.5, 0.6) is 0 Å². The van der Waals surface area contributed by atoms with Gasteiger partial charge in [0.2, 0.25) is 0 Å². The first-order valence-corrected chi connectivity index (χ1v) is 4.43. The number of carboxylic acid groups (broad SMARTS) is 1. The Morgan fingerprint density at radius 2 is 2.00 bits per heavy atom. The van der Waals surface area contributed by atoms with E-state index in [0.717, 1.165) is 6.42 Å². The number of aliphatic carboxylic acids is 1. The lowest BCUT2D eigenvalue weighted by molar-refractivity contribution is -0.145. The van der Waals surface area contributed by atoms with Crippen LogP contribution in [-0.4, -0.2) is 23.7 Å². The first-order chi connectivity index (χ1) is 6.06. The Labute approximate surface area is 77.9 Å². The van der Waals surface area contributed by atoms with Gasteiger partial charge in [0.25, 0.3) is 0 Å². The van der Waals surface area contributed by atoms with Gasteiger partial charge >= 0.3 is 11.9 Å². The molecule has 0 fully saturated rings. The molecule has 0 spiro atoms. The highest BCUT2D eigenvalue weighted by Crippen LogP contribution is 2.08. The molecule has 0 aromatic rings. The van der Waals surface area contributed by atoms with Crippen LogP contribution in [0, 0.1) is 5.92 Å². The second kappa shape index (κ2) is 6.46. The van der Waals surface area contributed by atoms with Gasteiger partial charge in [-0.1, -0.05) is 13.8 Å². The number of esters is 1. The Morgan fingerprint density at radius 1 is 1.38 bits per heavy atom. The molecule has 0 saturated heterocycles. The Hall–Kier alpha value is -1.06. The van der Waals surface area contributed by atoms with Gasteiger partial charge in [0.15, 0.2) is 0 Å². The predicted octanol–water partition coefficient (Wildman–Crippen LogP) is 1.44. The molecule has 0 bridgehead atoms.